The van der Waals surface area contributed by atoms with Gasteiger partial charge in [-0.15, -0.1) is 11.3 Å². The van der Waals surface area contributed by atoms with Gasteiger partial charge in [0.15, 0.2) is 0 Å². The summed E-state index contributed by atoms with van der Waals surface area (Å²) in [4.78, 5) is 14.7. The van der Waals surface area contributed by atoms with E-state index >= 15 is 0 Å². The number of thiophene rings is 1. The van der Waals surface area contributed by atoms with Gasteiger partial charge in [0.2, 0.25) is 0 Å². The molecule has 1 aliphatic carbocycles. The Bertz CT molecular complexity index is 1310. The SMILES string of the molecule is Cc1ccc(OC[C@@H](C)N)cc1C(=O)NC1(c2cc(-c3cccs3)cc3ccccc23)CC1. The minimum absolute atomic E-state index is 0.0674. The Morgan fingerprint density at radius 1 is 1.12 bits per heavy atom. The molecule has 1 fully saturated rings. The van der Waals surface area contributed by atoms with Crippen molar-refractivity contribution in [2.75, 3.05) is 6.61 Å². The summed E-state index contributed by atoms with van der Waals surface area (Å²) in [5.74, 6) is 0.597. The number of rotatable bonds is 7. The van der Waals surface area contributed by atoms with E-state index in [0.29, 0.717) is 17.9 Å². The number of fused-ring (bicyclic) bond motifs is 1. The van der Waals surface area contributed by atoms with E-state index in [1.54, 1.807) is 11.3 Å². The first-order valence-corrected chi connectivity index (χ1v) is 12.2. The van der Waals surface area contributed by atoms with E-state index in [0.717, 1.165) is 18.4 Å². The van der Waals surface area contributed by atoms with Crippen molar-refractivity contribution in [3.63, 3.8) is 0 Å². The fourth-order valence-electron chi connectivity index (χ4n) is 4.33. The lowest BCUT2D eigenvalue weighted by Crippen LogP contribution is -2.35. The molecule has 33 heavy (non-hydrogen) atoms. The third-order valence-electron chi connectivity index (χ3n) is 6.25. The first-order valence-electron chi connectivity index (χ1n) is 11.3. The van der Waals surface area contributed by atoms with Gasteiger partial charge in [-0.05, 0) is 89.9 Å². The number of nitrogens with one attached hydrogen (secondary N) is 1. The van der Waals surface area contributed by atoms with Crippen molar-refractivity contribution in [1.82, 2.24) is 5.32 Å². The van der Waals surface area contributed by atoms with Crippen molar-refractivity contribution >= 4 is 28.0 Å². The molecule has 1 atom stereocenters. The largest absolute Gasteiger partial charge is 0.492 e. The van der Waals surface area contributed by atoms with E-state index in [-0.39, 0.29) is 17.5 Å². The molecule has 1 amide bonds. The van der Waals surface area contributed by atoms with Crippen LogP contribution in [-0.4, -0.2) is 18.6 Å². The molecule has 0 saturated heterocycles. The number of carbonyl (C=O) groups is 1. The number of aryl methyl sites for hydroxylation is 1. The van der Waals surface area contributed by atoms with E-state index in [2.05, 4.69) is 59.2 Å². The van der Waals surface area contributed by atoms with Crippen molar-refractivity contribution in [3.8, 4) is 16.2 Å². The number of hydrogen-bond donors (Lipinski definition) is 2. The molecule has 168 valence electrons. The summed E-state index contributed by atoms with van der Waals surface area (Å²) in [6.45, 7) is 4.26. The summed E-state index contributed by atoms with van der Waals surface area (Å²) in [5, 5.41) is 7.87. The third kappa shape index (κ3) is 4.39. The molecule has 4 aromatic rings. The predicted molar refractivity (Wildman–Crippen MR) is 136 cm³/mol. The van der Waals surface area contributed by atoms with E-state index in [1.807, 2.05) is 32.0 Å². The molecular weight excluding hydrogens is 428 g/mol. The van der Waals surface area contributed by atoms with Crippen LogP contribution in [-0.2, 0) is 5.54 Å². The number of benzene rings is 3. The second-order valence-electron chi connectivity index (χ2n) is 9.02. The highest BCUT2D eigenvalue weighted by Gasteiger charge is 2.47. The Morgan fingerprint density at radius 3 is 2.67 bits per heavy atom. The minimum atomic E-state index is -0.348. The molecule has 5 heteroatoms. The minimum Gasteiger partial charge on any atom is -0.492 e. The molecule has 1 saturated carbocycles. The van der Waals surface area contributed by atoms with E-state index in [1.165, 1.54) is 26.8 Å². The molecule has 1 aliphatic rings. The lowest BCUT2D eigenvalue weighted by molar-refractivity contribution is 0.0930. The molecule has 4 nitrogen and oxygen atoms in total. The smallest absolute Gasteiger partial charge is 0.252 e. The normalized spacial score (nSPS) is 15.2. The van der Waals surface area contributed by atoms with Crippen LogP contribution in [0.1, 0.15) is 41.3 Å². The Morgan fingerprint density at radius 2 is 1.94 bits per heavy atom. The maximum Gasteiger partial charge on any atom is 0.252 e. The molecule has 5 rings (SSSR count). The molecule has 3 N–H and O–H groups in total. The molecule has 0 unspecified atom stereocenters. The van der Waals surface area contributed by atoms with Gasteiger partial charge in [-0.3, -0.25) is 4.79 Å². The zero-order chi connectivity index (χ0) is 23.0. The van der Waals surface area contributed by atoms with Crippen LogP contribution in [0.3, 0.4) is 0 Å². The number of carbonyl (C=O) groups excluding carboxylic acids is 1. The highest BCUT2D eigenvalue weighted by atomic mass is 32.1. The van der Waals surface area contributed by atoms with Crippen LogP contribution in [0, 0.1) is 6.92 Å². The molecule has 0 spiro atoms. The van der Waals surface area contributed by atoms with Crippen LogP contribution in [0.25, 0.3) is 21.2 Å². The Balaban J connectivity index is 1.49. The van der Waals surface area contributed by atoms with Crippen LogP contribution < -0.4 is 15.8 Å². The van der Waals surface area contributed by atoms with Crippen molar-refractivity contribution < 1.29 is 9.53 Å². The van der Waals surface area contributed by atoms with E-state index in [9.17, 15) is 4.79 Å². The number of hydrogen-bond acceptors (Lipinski definition) is 4. The summed E-state index contributed by atoms with van der Waals surface area (Å²) >= 11 is 1.74. The van der Waals surface area contributed by atoms with Crippen molar-refractivity contribution in [1.29, 1.82) is 0 Å². The van der Waals surface area contributed by atoms with Crippen molar-refractivity contribution in [3.05, 3.63) is 88.8 Å². The molecular formula is C28H28N2O2S. The third-order valence-corrected chi connectivity index (χ3v) is 7.17. The zero-order valence-corrected chi connectivity index (χ0v) is 19.7. The van der Waals surface area contributed by atoms with Gasteiger partial charge in [0, 0.05) is 16.5 Å². The van der Waals surface area contributed by atoms with Crippen LogP contribution in [0.5, 0.6) is 5.75 Å². The predicted octanol–water partition coefficient (Wildman–Crippen LogP) is 6.02. The van der Waals surface area contributed by atoms with Crippen LogP contribution in [0.4, 0.5) is 0 Å². The van der Waals surface area contributed by atoms with Crippen LogP contribution in [0.2, 0.25) is 0 Å². The van der Waals surface area contributed by atoms with Crippen molar-refractivity contribution in [2.45, 2.75) is 38.3 Å². The fraction of sp³-hybridized carbons (Fsp3) is 0.250. The second-order valence-corrected chi connectivity index (χ2v) is 9.97. The lowest BCUT2D eigenvalue weighted by atomic mass is 9.93. The van der Waals surface area contributed by atoms with Gasteiger partial charge in [-0.25, -0.2) is 0 Å². The van der Waals surface area contributed by atoms with Gasteiger partial charge in [0.1, 0.15) is 12.4 Å². The van der Waals surface area contributed by atoms with Gasteiger partial charge in [0.25, 0.3) is 5.91 Å². The quantitative estimate of drug-likeness (QED) is 0.357. The molecule has 1 heterocycles. The highest BCUT2D eigenvalue weighted by molar-refractivity contribution is 7.13. The van der Waals surface area contributed by atoms with Gasteiger partial charge in [-0.1, -0.05) is 36.4 Å². The maximum atomic E-state index is 13.4. The Labute approximate surface area is 198 Å². The van der Waals surface area contributed by atoms with Crippen LogP contribution in [0.15, 0.2) is 72.1 Å². The van der Waals surface area contributed by atoms with Gasteiger partial charge >= 0.3 is 0 Å². The van der Waals surface area contributed by atoms with E-state index < -0.39 is 0 Å². The Kier molecular flexibility index (Phi) is 5.69. The second kappa shape index (κ2) is 8.65. The number of nitrogens with two attached hydrogens (primary N) is 1. The first kappa shape index (κ1) is 21.7. The number of ether oxygens (including phenoxy) is 1. The lowest BCUT2D eigenvalue weighted by Gasteiger charge is -2.22. The average Bonchev–Trinajstić information content (AvgIpc) is 3.37. The number of amides is 1. The average molecular weight is 457 g/mol. The first-order chi connectivity index (χ1) is 15.9. The van der Waals surface area contributed by atoms with Crippen LogP contribution >= 0.6 is 11.3 Å². The summed E-state index contributed by atoms with van der Waals surface area (Å²) in [5.41, 5.74) is 9.42. The Hall–Kier alpha value is -3.15. The summed E-state index contributed by atoms with van der Waals surface area (Å²) in [7, 11) is 0. The summed E-state index contributed by atoms with van der Waals surface area (Å²) in [6, 6.07) is 22.7. The molecule has 3 aromatic carbocycles. The summed E-state index contributed by atoms with van der Waals surface area (Å²) < 4.78 is 5.75. The highest BCUT2D eigenvalue weighted by Crippen LogP contribution is 2.49. The molecule has 0 aliphatic heterocycles. The van der Waals surface area contributed by atoms with E-state index in [4.69, 9.17) is 10.5 Å². The summed E-state index contributed by atoms with van der Waals surface area (Å²) in [6.07, 6.45) is 1.85. The topological polar surface area (TPSA) is 64.3 Å². The molecule has 0 radical (unpaired) electrons. The zero-order valence-electron chi connectivity index (χ0n) is 18.9. The van der Waals surface area contributed by atoms with Crippen molar-refractivity contribution in [2.24, 2.45) is 5.73 Å². The van der Waals surface area contributed by atoms with Gasteiger partial charge in [-0.2, -0.15) is 0 Å². The van der Waals surface area contributed by atoms with Gasteiger partial charge < -0.3 is 15.8 Å². The fourth-order valence-corrected chi connectivity index (χ4v) is 5.04. The molecule has 0 bridgehead atoms. The van der Waals surface area contributed by atoms with Gasteiger partial charge in [0.05, 0.1) is 5.54 Å². The monoisotopic (exact) mass is 456 g/mol. The maximum absolute atomic E-state index is 13.4. The molecule has 1 aromatic heterocycles. The standard InChI is InChI=1S/C28H28N2O2S/c1-18-9-10-22(32-17-19(2)29)16-24(18)27(31)30-28(11-12-28)25-15-21(26-8-5-13-33-26)14-20-6-3-4-7-23(20)25/h3-10,13-16,19H,11-12,17,29H2,1-2H3,(H,30,31)/t19-/m1/s1.